The van der Waals surface area contributed by atoms with E-state index in [4.69, 9.17) is 18.9 Å². The van der Waals surface area contributed by atoms with Crippen LogP contribution < -0.4 is 0 Å². The largest absolute Gasteiger partial charge is 0.382 e. The van der Waals surface area contributed by atoms with Gasteiger partial charge in [0.2, 0.25) is 0 Å². The lowest BCUT2D eigenvalue weighted by Gasteiger charge is -2.16. The summed E-state index contributed by atoms with van der Waals surface area (Å²) in [6.45, 7) is 2.48. The molecule has 0 amide bonds. The Morgan fingerprint density at radius 1 is 1.17 bits per heavy atom. The molecule has 0 aromatic carbocycles. The number of hydrogen-bond acceptors (Lipinski definition) is 4. The average Bonchev–Trinajstić information content (AvgIpc) is 2.52. The lowest BCUT2D eigenvalue weighted by molar-refractivity contribution is -0.0425. The Labute approximate surface area is 72.7 Å². The van der Waals surface area contributed by atoms with Crippen molar-refractivity contribution in [1.82, 2.24) is 0 Å². The molecule has 0 bridgehead atoms. The second-order valence-corrected chi connectivity index (χ2v) is 2.71. The Morgan fingerprint density at radius 2 is 1.92 bits per heavy atom. The monoisotopic (exact) mass is 176 g/mol. The highest BCUT2D eigenvalue weighted by Gasteiger charge is 2.28. The molecule has 0 saturated carbocycles. The van der Waals surface area contributed by atoms with Gasteiger partial charge in [0.1, 0.15) is 12.2 Å². The van der Waals surface area contributed by atoms with E-state index in [0.717, 1.165) is 0 Å². The zero-order valence-corrected chi connectivity index (χ0v) is 7.62. The molecule has 2 unspecified atom stereocenters. The molecular weight excluding hydrogens is 160 g/mol. The van der Waals surface area contributed by atoms with Crippen LogP contribution in [0.4, 0.5) is 0 Å². The average molecular weight is 176 g/mol. The first kappa shape index (κ1) is 9.92. The molecule has 1 rings (SSSR count). The summed E-state index contributed by atoms with van der Waals surface area (Å²) < 4.78 is 20.7. The van der Waals surface area contributed by atoms with Crippen molar-refractivity contribution < 1.29 is 18.9 Å². The summed E-state index contributed by atoms with van der Waals surface area (Å²) in [5.74, 6) is 0. The molecule has 12 heavy (non-hydrogen) atoms. The lowest BCUT2D eigenvalue weighted by atomic mass is 10.2. The van der Waals surface area contributed by atoms with E-state index in [1.54, 1.807) is 14.2 Å². The molecule has 1 aliphatic heterocycles. The van der Waals surface area contributed by atoms with Crippen molar-refractivity contribution in [2.45, 2.75) is 12.2 Å². The van der Waals surface area contributed by atoms with E-state index < -0.39 is 0 Å². The second kappa shape index (κ2) is 5.48. The highest BCUT2D eigenvalue weighted by Crippen LogP contribution is 2.12. The summed E-state index contributed by atoms with van der Waals surface area (Å²) in [7, 11) is 3.33. The minimum Gasteiger partial charge on any atom is -0.382 e. The van der Waals surface area contributed by atoms with E-state index in [1.165, 1.54) is 0 Å². The first-order valence-corrected chi connectivity index (χ1v) is 4.09. The van der Waals surface area contributed by atoms with Crippen molar-refractivity contribution >= 4 is 0 Å². The molecule has 0 N–H and O–H groups in total. The van der Waals surface area contributed by atoms with Crippen LogP contribution in [0.1, 0.15) is 0 Å². The van der Waals surface area contributed by atoms with E-state index in [0.29, 0.717) is 26.4 Å². The summed E-state index contributed by atoms with van der Waals surface area (Å²) in [5.41, 5.74) is 0. The van der Waals surface area contributed by atoms with Gasteiger partial charge in [0, 0.05) is 14.2 Å². The summed E-state index contributed by atoms with van der Waals surface area (Å²) in [6.07, 6.45) is 0.159. The topological polar surface area (TPSA) is 36.9 Å². The molecule has 0 radical (unpaired) electrons. The standard InChI is InChI=1S/C8H16O4/c1-9-3-4-12-8-6-11-5-7(8)10-2/h7-8H,3-6H2,1-2H3. The Balaban J connectivity index is 2.12. The minimum atomic E-state index is 0.0742. The highest BCUT2D eigenvalue weighted by atomic mass is 16.6. The number of rotatable bonds is 5. The Morgan fingerprint density at radius 3 is 2.58 bits per heavy atom. The van der Waals surface area contributed by atoms with Gasteiger partial charge >= 0.3 is 0 Å². The minimum absolute atomic E-state index is 0.0742. The molecule has 0 spiro atoms. The predicted molar refractivity (Wildman–Crippen MR) is 43.2 cm³/mol. The van der Waals surface area contributed by atoms with Crippen LogP contribution >= 0.6 is 0 Å². The van der Waals surface area contributed by atoms with Gasteiger partial charge in [-0.1, -0.05) is 0 Å². The van der Waals surface area contributed by atoms with Crippen molar-refractivity contribution in [1.29, 1.82) is 0 Å². The molecule has 0 aromatic heterocycles. The molecule has 1 saturated heterocycles. The molecule has 0 aromatic rings. The van der Waals surface area contributed by atoms with Crippen LogP contribution in [0, 0.1) is 0 Å². The van der Waals surface area contributed by atoms with Gasteiger partial charge in [-0.3, -0.25) is 0 Å². The molecular formula is C8H16O4. The Bertz CT molecular complexity index is 118. The predicted octanol–water partition coefficient (Wildman–Crippen LogP) is 0.0632. The van der Waals surface area contributed by atoms with Gasteiger partial charge in [-0.15, -0.1) is 0 Å². The van der Waals surface area contributed by atoms with Gasteiger partial charge in [-0.2, -0.15) is 0 Å². The van der Waals surface area contributed by atoms with Gasteiger partial charge < -0.3 is 18.9 Å². The van der Waals surface area contributed by atoms with Crippen LogP contribution in [-0.4, -0.2) is 52.9 Å². The van der Waals surface area contributed by atoms with E-state index >= 15 is 0 Å². The van der Waals surface area contributed by atoms with Gasteiger partial charge in [-0.05, 0) is 0 Å². The maximum Gasteiger partial charge on any atom is 0.109 e. The molecule has 72 valence electrons. The summed E-state index contributed by atoms with van der Waals surface area (Å²) in [6, 6.07) is 0. The van der Waals surface area contributed by atoms with Crippen molar-refractivity contribution in [2.75, 3.05) is 40.6 Å². The van der Waals surface area contributed by atoms with Crippen molar-refractivity contribution in [2.24, 2.45) is 0 Å². The quantitative estimate of drug-likeness (QED) is 0.555. The molecule has 1 heterocycles. The Kier molecular flexibility index (Phi) is 4.53. The maximum absolute atomic E-state index is 5.47. The smallest absolute Gasteiger partial charge is 0.109 e. The summed E-state index contributed by atoms with van der Waals surface area (Å²) in [4.78, 5) is 0. The van der Waals surface area contributed by atoms with Crippen molar-refractivity contribution in [3.63, 3.8) is 0 Å². The zero-order valence-electron chi connectivity index (χ0n) is 7.62. The third-order valence-electron chi connectivity index (χ3n) is 1.90. The third kappa shape index (κ3) is 2.71. The number of hydrogen-bond donors (Lipinski definition) is 0. The molecule has 0 aliphatic carbocycles. The highest BCUT2D eigenvalue weighted by molar-refractivity contribution is 4.75. The van der Waals surface area contributed by atoms with Crippen LogP contribution in [0.25, 0.3) is 0 Å². The first-order chi connectivity index (χ1) is 5.88. The molecule has 4 heteroatoms. The molecule has 2 atom stereocenters. The van der Waals surface area contributed by atoms with E-state index in [9.17, 15) is 0 Å². The number of methoxy groups -OCH3 is 2. The van der Waals surface area contributed by atoms with Crippen molar-refractivity contribution in [3.8, 4) is 0 Å². The Hall–Kier alpha value is -0.160. The zero-order chi connectivity index (χ0) is 8.81. The van der Waals surface area contributed by atoms with Gasteiger partial charge in [-0.25, -0.2) is 0 Å². The van der Waals surface area contributed by atoms with Crippen molar-refractivity contribution in [3.05, 3.63) is 0 Å². The fourth-order valence-electron chi connectivity index (χ4n) is 1.17. The maximum atomic E-state index is 5.47. The fraction of sp³-hybridized carbons (Fsp3) is 1.00. The van der Waals surface area contributed by atoms with Gasteiger partial charge in [0.05, 0.1) is 26.4 Å². The number of ether oxygens (including phenoxy) is 4. The van der Waals surface area contributed by atoms with Gasteiger partial charge in [0.25, 0.3) is 0 Å². The molecule has 1 aliphatic rings. The molecule has 4 nitrogen and oxygen atoms in total. The summed E-state index contributed by atoms with van der Waals surface area (Å²) in [5, 5.41) is 0. The SMILES string of the molecule is COCCOC1COCC1OC. The van der Waals surface area contributed by atoms with Crippen LogP contribution in [0.3, 0.4) is 0 Å². The lowest BCUT2D eigenvalue weighted by Crippen LogP contribution is -2.30. The second-order valence-electron chi connectivity index (χ2n) is 2.71. The normalized spacial score (nSPS) is 29.5. The van der Waals surface area contributed by atoms with E-state index in [-0.39, 0.29) is 12.2 Å². The molecule has 1 fully saturated rings. The van der Waals surface area contributed by atoms with Crippen LogP contribution in [-0.2, 0) is 18.9 Å². The van der Waals surface area contributed by atoms with Crippen LogP contribution in [0.15, 0.2) is 0 Å². The van der Waals surface area contributed by atoms with E-state index in [1.807, 2.05) is 0 Å². The third-order valence-corrected chi connectivity index (χ3v) is 1.90. The fourth-order valence-corrected chi connectivity index (χ4v) is 1.17. The van der Waals surface area contributed by atoms with Crippen LogP contribution in [0.2, 0.25) is 0 Å². The van der Waals surface area contributed by atoms with Gasteiger partial charge in [0.15, 0.2) is 0 Å². The van der Waals surface area contributed by atoms with Crippen LogP contribution in [0.5, 0.6) is 0 Å². The summed E-state index contributed by atoms with van der Waals surface area (Å²) >= 11 is 0. The van der Waals surface area contributed by atoms with E-state index in [2.05, 4.69) is 0 Å². The first-order valence-electron chi connectivity index (χ1n) is 4.09.